The highest BCUT2D eigenvalue weighted by Crippen LogP contribution is 2.23. The molecule has 0 radical (unpaired) electrons. The minimum Gasteiger partial charge on any atom is -0.496 e. The van der Waals surface area contributed by atoms with E-state index in [2.05, 4.69) is 0 Å². The lowest BCUT2D eigenvalue weighted by Crippen LogP contribution is -2.45. The Morgan fingerprint density at radius 3 is 3.11 bits per heavy atom. The predicted molar refractivity (Wildman–Crippen MR) is 64.2 cm³/mol. The molecule has 5 nitrogen and oxygen atoms in total. The van der Waals surface area contributed by atoms with E-state index in [4.69, 9.17) is 14.7 Å². The van der Waals surface area contributed by atoms with Gasteiger partial charge in [-0.1, -0.05) is 6.07 Å². The van der Waals surface area contributed by atoms with Gasteiger partial charge in [0, 0.05) is 6.54 Å². The number of rotatable bonds is 2. The van der Waals surface area contributed by atoms with Crippen LogP contribution in [-0.2, 0) is 4.74 Å². The molecule has 0 aliphatic carbocycles. The standard InChI is InChI=1S/C13H13FN2O3/c1-18-11-4-2-3-10(14)12(11)13(17)16-5-6-19-9(7-15)8-16/h2-4,9H,5-6,8H2,1H3. The van der Waals surface area contributed by atoms with Crippen LogP contribution in [-0.4, -0.2) is 43.7 Å². The van der Waals surface area contributed by atoms with Crippen molar-refractivity contribution in [2.45, 2.75) is 6.10 Å². The van der Waals surface area contributed by atoms with Crippen molar-refractivity contribution in [2.24, 2.45) is 0 Å². The fraction of sp³-hybridized carbons (Fsp3) is 0.385. The maximum Gasteiger partial charge on any atom is 0.260 e. The monoisotopic (exact) mass is 264 g/mol. The number of ether oxygens (including phenoxy) is 2. The highest BCUT2D eigenvalue weighted by atomic mass is 19.1. The second-order valence-electron chi connectivity index (χ2n) is 4.06. The smallest absolute Gasteiger partial charge is 0.260 e. The van der Waals surface area contributed by atoms with Gasteiger partial charge in [-0.05, 0) is 12.1 Å². The molecule has 0 aromatic heterocycles. The SMILES string of the molecule is COc1cccc(F)c1C(=O)N1CCOC(C#N)C1. The van der Waals surface area contributed by atoms with Crippen molar-refractivity contribution >= 4 is 5.91 Å². The largest absolute Gasteiger partial charge is 0.496 e. The summed E-state index contributed by atoms with van der Waals surface area (Å²) >= 11 is 0. The second kappa shape index (κ2) is 5.67. The molecule has 1 aromatic carbocycles. The molecule has 1 aromatic rings. The first-order chi connectivity index (χ1) is 9.17. The molecule has 1 saturated heterocycles. The Bertz CT molecular complexity index is 527. The summed E-state index contributed by atoms with van der Waals surface area (Å²) in [5.41, 5.74) is -0.108. The maximum absolute atomic E-state index is 13.8. The molecule has 100 valence electrons. The number of morpholine rings is 1. The van der Waals surface area contributed by atoms with E-state index in [1.165, 1.54) is 30.2 Å². The van der Waals surface area contributed by atoms with Crippen molar-refractivity contribution in [3.05, 3.63) is 29.6 Å². The van der Waals surface area contributed by atoms with E-state index in [0.29, 0.717) is 6.54 Å². The molecule has 1 aliphatic heterocycles. The number of methoxy groups -OCH3 is 1. The number of halogens is 1. The van der Waals surface area contributed by atoms with Gasteiger partial charge < -0.3 is 14.4 Å². The minimum atomic E-state index is -0.671. The van der Waals surface area contributed by atoms with Crippen LogP contribution in [0.15, 0.2) is 18.2 Å². The van der Waals surface area contributed by atoms with Crippen molar-refractivity contribution in [2.75, 3.05) is 26.8 Å². The molecule has 0 N–H and O–H groups in total. The van der Waals surface area contributed by atoms with Crippen LogP contribution in [0.5, 0.6) is 5.75 Å². The third-order valence-corrected chi connectivity index (χ3v) is 2.91. The summed E-state index contributed by atoms with van der Waals surface area (Å²) in [6, 6.07) is 6.15. The molecular weight excluding hydrogens is 251 g/mol. The number of carbonyl (C=O) groups excluding carboxylic acids is 1. The average Bonchev–Trinajstić information content (AvgIpc) is 2.46. The topological polar surface area (TPSA) is 62.6 Å². The first kappa shape index (κ1) is 13.3. The van der Waals surface area contributed by atoms with Crippen LogP contribution >= 0.6 is 0 Å². The lowest BCUT2D eigenvalue weighted by atomic mass is 10.1. The summed E-state index contributed by atoms with van der Waals surface area (Å²) in [5, 5.41) is 8.80. The van der Waals surface area contributed by atoms with E-state index < -0.39 is 17.8 Å². The van der Waals surface area contributed by atoms with Crippen LogP contribution in [0.2, 0.25) is 0 Å². The van der Waals surface area contributed by atoms with Gasteiger partial charge in [0.2, 0.25) is 0 Å². The van der Waals surface area contributed by atoms with Gasteiger partial charge in [0.25, 0.3) is 5.91 Å². The third kappa shape index (κ3) is 2.66. The molecule has 1 fully saturated rings. The highest BCUT2D eigenvalue weighted by molar-refractivity contribution is 5.97. The number of amides is 1. The summed E-state index contributed by atoms with van der Waals surface area (Å²) in [6.45, 7) is 0.724. The van der Waals surface area contributed by atoms with Crippen molar-refractivity contribution in [1.29, 1.82) is 5.26 Å². The van der Waals surface area contributed by atoms with Crippen LogP contribution in [0.1, 0.15) is 10.4 Å². The predicted octanol–water partition coefficient (Wildman–Crippen LogP) is 1.20. The second-order valence-corrected chi connectivity index (χ2v) is 4.06. The fourth-order valence-electron chi connectivity index (χ4n) is 1.95. The van der Waals surface area contributed by atoms with Crippen molar-refractivity contribution in [3.63, 3.8) is 0 Å². The van der Waals surface area contributed by atoms with Crippen molar-refractivity contribution in [1.82, 2.24) is 4.90 Å². The fourth-order valence-corrected chi connectivity index (χ4v) is 1.95. The van der Waals surface area contributed by atoms with Gasteiger partial charge in [-0.2, -0.15) is 5.26 Å². The summed E-state index contributed by atoms with van der Waals surface area (Å²) in [5.74, 6) is -0.937. The normalized spacial score (nSPS) is 18.8. The van der Waals surface area contributed by atoms with Crippen LogP contribution < -0.4 is 4.74 Å². The van der Waals surface area contributed by atoms with Gasteiger partial charge in [0.05, 0.1) is 26.3 Å². The summed E-state index contributed by atoms with van der Waals surface area (Å²) in [6.07, 6.45) is -0.671. The van der Waals surface area contributed by atoms with E-state index >= 15 is 0 Å². The highest BCUT2D eigenvalue weighted by Gasteiger charge is 2.28. The molecule has 1 amide bonds. The molecule has 2 rings (SSSR count). The molecule has 1 heterocycles. The van der Waals surface area contributed by atoms with E-state index in [1.54, 1.807) is 0 Å². The zero-order valence-electron chi connectivity index (χ0n) is 10.4. The van der Waals surface area contributed by atoms with Gasteiger partial charge in [-0.3, -0.25) is 4.79 Å². The van der Waals surface area contributed by atoms with Crippen LogP contribution in [0.4, 0.5) is 4.39 Å². The van der Waals surface area contributed by atoms with Crippen LogP contribution in [0.3, 0.4) is 0 Å². The molecule has 0 spiro atoms. The van der Waals surface area contributed by atoms with Gasteiger partial charge in [-0.25, -0.2) is 4.39 Å². The Hall–Kier alpha value is -2.13. The van der Waals surface area contributed by atoms with Crippen molar-refractivity contribution < 1.29 is 18.7 Å². The van der Waals surface area contributed by atoms with E-state index in [1.807, 2.05) is 6.07 Å². The zero-order chi connectivity index (χ0) is 13.8. The quantitative estimate of drug-likeness (QED) is 0.805. The number of hydrogen-bond acceptors (Lipinski definition) is 4. The van der Waals surface area contributed by atoms with Crippen LogP contribution in [0.25, 0.3) is 0 Å². The molecule has 6 heteroatoms. The Morgan fingerprint density at radius 1 is 1.63 bits per heavy atom. The molecule has 0 bridgehead atoms. The van der Waals surface area contributed by atoms with E-state index in [0.717, 1.165) is 0 Å². The third-order valence-electron chi connectivity index (χ3n) is 2.91. The summed E-state index contributed by atoms with van der Waals surface area (Å²) in [7, 11) is 1.38. The maximum atomic E-state index is 13.8. The molecular formula is C13H13FN2O3. The number of nitrogens with zero attached hydrogens (tertiary/aromatic N) is 2. The number of nitriles is 1. The Morgan fingerprint density at radius 2 is 2.42 bits per heavy atom. The van der Waals surface area contributed by atoms with Crippen molar-refractivity contribution in [3.8, 4) is 11.8 Å². The number of hydrogen-bond donors (Lipinski definition) is 0. The van der Waals surface area contributed by atoms with Gasteiger partial charge in [-0.15, -0.1) is 0 Å². The number of carbonyl (C=O) groups is 1. The van der Waals surface area contributed by atoms with E-state index in [9.17, 15) is 9.18 Å². The van der Waals surface area contributed by atoms with E-state index in [-0.39, 0.29) is 24.5 Å². The average molecular weight is 264 g/mol. The minimum absolute atomic E-state index is 0.108. The zero-order valence-corrected chi connectivity index (χ0v) is 10.4. The summed E-state index contributed by atoms with van der Waals surface area (Å²) in [4.78, 5) is 13.7. The lowest BCUT2D eigenvalue weighted by molar-refractivity contribution is 0.00312. The van der Waals surface area contributed by atoms with Gasteiger partial charge >= 0.3 is 0 Å². The first-order valence-corrected chi connectivity index (χ1v) is 5.80. The van der Waals surface area contributed by atoms with Gasteiger partial charge in [0.15, 0.2) is 6.10 Å². The first-order valence-electron chi connectivity index (χ1n) is 5.80. The van der Waals surface area contributed by atoms with Crippen LogP contribution in [0, 0.1) is 17.1 Å². The lowest BCUT2D eigenvalue weighted by Gasteiger charge is -2.30. The Labute approximate surface area is 110 Å². The molecule has 1 aliphatic rings. The Kier molecular flexibility index (Phi) is 3.97. The molecule has 1 unspecified atom stereocenters. The molecule has 1 atom stereocenters. The number of benzene rings is 1. The Balaban J connectivity index is 2.27. The molecule has 0 saturated carbocycles. The van der Waals surface area contributed by atoms with Gasteiger partial charge in [0.1, 0.15) is 17.1 Å². The molecule has 19 heavy (non-hydrogen) atoms. The summed E-state index contributed by atoms with van der Waals surface area (Å²) < 4.78 is 24.0.